The van der Waals surface area contributed by atoms with E-state index >= 15 is 0 Å². The lowest BCUT2D eigenvalue weighted by Crippen LogP contribution is -2.61. The van der Waals surface area contributed by atoms with Crippen LogP contribution in [0, 0.1) is 11.3 Å². The summed E-state index contributed by atoms with van der Waals surface area (Å²) >= 11 is 5.78. The average Bonchev–Trinajstić information content (AvgIpc) is 2.36. The fraction of sp³-hybridized carbons (Fsp3) is 0.500. The van der Waals surface area contributed by atoms with E-state index in [1.165, 1.54) is 11.1 Å². The number of halogens is 1. The average molecular weight is 296 g/mol. The van der Waals surface area contributed by atoms with Crippen LogP contribution in [0.3, 0.4) is 0 Å². The first-order chi connectivity index (χ1) is 9.35. The van der Waals surface area contributed by atoms with Crippen molar-refractivity contribution in [1.29, 1.82) is 5.26 Å². The minimum absolute atomic E-state index is 0.0671. The van der Waals surface area contributed by atoms with Gasteiger partial charge in [0.25, 0.3) is 0 Å². The van der Waals surface area contributed by atoms with Gasteiger partial charge in [0.2, 0.25) is 5.28 Å². The highest BCUT2D eigenvalue weighted by Crippen LogP contribution is 2.26. The van der Waals surface area contributed by atoms with Gasteiger partial charge in [-0.25, -0.2) is 9.78 Å². The molecule has 0 bridgehead atoms. The Bertz CT molecular complexity index is 584. The zero-order valence-electron chi connectivity index (χ0n) is 11.2. The van der Waals surface area contributed by atoms with Gasteiger partial charge in [0.15, 0.2) is 5.82 Å². The van der Waals surface area contributed by atoms with Crippen LogP contribution in [0.1, 0.15) is 19.4 Å². The lowest BCUT2D eigenvalue weighted by molar-refractivity contribution is 0.0843. The quantitative estimate of drug-likeness (QED) is 0.791. The maximum atomic E-state index is 11.2. The molecule has 0 saturated carbocycles. The second-order valence-electron chi connectivity index (χ2n) is 5.16. The number of hydrogen-bond acceptors (Lipinski definition) is 5. The van der Waals surface area contributed by atoms with Crippen molar-refractivity contribution in [3.63, 3.8) is 0 Å². The van der Waals surface area contributed by atoms with Crippen molar-refractivity contribution in [3.05, 3.63) is 17.0 Å². The highest BCUT2D eigenvalue weighted by atomic mass is 35.5. The summed E-state index contributed by atoms with van der Waals surface area (Å²) in [6, 6.07) is 2.03. The van der Waals surface area contributed by atoms with Gasteiger partial charge >= 0.3 is 6.09 Å². The smallest absolute Gasteiger partial charge is 0.407 e. The van der Waals surface area contributed by atoms with Crippen molar-refractivity contribution in [3.8, 4) is 6.07 Å². The maximum absolute atomic E-state index is 11.2. The van der Waals surface area contributed by atoms with E-state index in [0.29, 0.717) is 31.0 Å². The molecule has 1 saturated heterocycles. The molecule has 20 heavy (non-hydrogen) atoms. The summed E-state index contributed by atoms with van der Waals surface area (Å²) in [5, 5.41) is 18.4. The van der Waals surface area contributed by atoms with Crippen LogP contribution in [0.4, 0.5) is 10.6 Å². The zero-order valence-corrected chi connectivity index (χ0v) is 11.9. The van der Waals surface area contributed by atoms with Crippen LogP contribution in [0.5, 0.6) is 0 Å². The highest BCUT2D eigenvalue weighted by Gasteiger charge is 2.37. The topological polar surface area (TPSA) is 93.4 Å². The molecule has 0 aromatic carbocycles. The number of hydrogen-bond donors (Lipinski definition) is 1. The first-order valence-corrected chi connectivity index (χ1v) is 6.41. The van der Waals surface area contributed by atoms with Gasteiger partial charge in [-0.15, -0.1) is 0 Å². The standard InChI is InChI=1S/C12H14ClN5O2/c1-12(2)7-17(3-4-18(12)11(19)20)9-8(5-14)6-15-10(13)16-9/h6H,3-4,7H2,1-2H3,(H,19,20). The molecule has 106 valence electrons. The summed E-state index contributed by atoms with van der Waals surface area (Å²) in [5.74, 6) is 0.450. The van der Waals surface area contributed by atoms with E-state index in [-0.39, 0.29) is 5.28 Å². The number of aromatic nitrogens is 2. The minimum atomic E-state index is -0.948. The monoisotopic (exact) mass is 295 g/mol. The third-order valence-electron chi connectivity index (χ3n) is 3.29. The van der Waals surface area contributed by atoms with Crippen LogP contribution in [0.2, 0.25) is 5.28 Å². The molecule has 0 spiro atoms. The highest BCUT2D eigenvalue weighted by molar-refractivity contribution is 6.28. The van der Waals surface area contributed by atoms with E-state index in [2.05, 4.69) is 9.97 Å². The lowest BCUT2D eigenvalue weighted by Gasteiger charge is -2.46. The Morgan fingerprint density at radius 1 is 1.55 bits per heavy atom. The first kappa shape index (κ1) is 14.3. The Hall–Kier alpha value is -2.07. The molecular weight excluding hydrogens is 282 g/mol. The molecule has 2 rings (SSSR count). The summed E-state index contributed by atoms with van der Waals surface area (Å²) < 4.78 is 0. The van der Waals surface area contributed by atoms with Crippen molar-refractivity contribution in [2.45, 2.75) is 19.4 Å². The van der Waals surface area contributed by atoms with Gasteiger partial charge in [-0.1, -0.05) is 0 Å². The number of nitrogens with zero attached hydrogens (tertiary/aromatic N) is 5. The summed E-state index contributed by atoms with van der Waals surface area (Å²) in [7, 11) is 0. The SMILES string of the molecule is CC1(C)CN(c2nc(Cl)ncc2C#N)CCN1C(=O)O. The number of carboxylic acid groups (broad SMARTS) is 1. The van der Waals surface area contributed by atoms with Gasteiger partial charge in [0, 0.05) is 19.6 Å². The molecule has 2 heterocycles. The molecular formula is C12H14ClN5O2. The molecule has 1 fully saturated rings. The molecule has 8 heteroatoms. The van der Waals surface area contributed by atoms with Gasteiger partial charge in [0.05, 0.1) is 11.7 Å². The Balaban J connectivity index is 2.31. The molecule has 1 aliphatic rings. The van der Waals surface area contributed by atoms with Gasteiger partial charge < -0.3 is 10.0 Å². The molecule has 0 unspecified atom stereocenters. The van der Waals surface area contributed by atoms with Crippen molar-refractivity contribution in [2.24, 2.45) is 0 Å². The van der Waals surface area contributed by atoms with E-state index in [1.54, 1.807) is 0 Å². The van der Waals surface area contributed by atoms with Crippen LogP contribution in [0.15, 0.2) is 6.20 Å². The number of anilines is 1. The van der Waals surface area contributed by atoms with Crippen LogP contribution in [-0.2, 0) is 0 Å². The van der Waals surface area contributed by atoms with Crippen LogP contribution < -0.4 is 4.90 Å². The maximum Gasteiger partial charge on any atom is 0.407 e. The summed E-state index contributed by atoms with van der Waals surface area (Å²) in [4.78, 5) is 22.3. The van der Waals surface area contributed by atoms with Gasteiger partial charge in [-0.2, -0.15) is 10.2 Å². The third-order valence-corrected chi connectivity index (χ3v) is 3.47. The lowest BCUT2D eigenvalue weighted by atomic mass is 9.99. The normalized spacial score (nSPS) is 17.7. The minimum Gasteiger partial charge on any atom is -0.465 e. The number of carbonyl (C=O) groups is 1. The number of piperazine rings is 1. The fourth-order valence-corrected chi connectivity index (χ4v) is 2.49. The predicted molar refractivity (Wildman–Crippen MR) is 72.8 cm³/mol. The summed E-state index contributed by atoms with van der Waals surface area (Å²) in [5.41, 5.74) is -0.247. The van der Waals surface area contributed by atoms with E-state index in [9.17, 15) is 9.90 Å². The van der Waals surface area contributed by atoms with E-state index in [0.717, 1.165) is 0 Å². The molecule has 1 aromatic rings. The van der Waals surface area contributed by atoms with Crippen molar-refractivity contribution < 1.29 is 9.90 Å². The largest absolute Gasteiger partial charge is 0.465 e. The Morgan fingerprint density at radius 3 is 2.80 bits per heavy atom. The first-order valence-electron chi connectivity index (χ1n) is 6.03. The predicted octanol–water partition coefficient (Wildman–Crippen LogP) is 1.58. The second-order valence-corrected chi connectivity index (χ2v) is 5.49. The molecule has 0 aliphatic carbocycles. The Morgan fingerprint density at radius 2 is 2.25 bits per heavy atom. The van der Waals surface area contributed by atoms with Crippen molar-refractivity contribution >= 4 is 23.5 Å². The molecule has 0 atom stereocenters. The van der Waals surface area contributed by atoms with Crippen LogP contribution in [-0.4, -0.2) is 51.2 Å². The van der Waals surface area contributed by atoms with Gasteiger partial charge in [-0.05, 0) is 25.4 Å². The van der Waals surface area contributed by atoms with E-state index in [1.807, 2.05) is 24.8 Å². The van der Waals surface area contributed by atoms with Gasteiger partial charge in [0.1, 0.15) is 11.6 Å². The van der Waals surface area contributed by atoms with Crippen LogP contribution >= 0.6 is 11.6 Å². The zero-order chi connectivity index (χ0) is 14.9. The second kappa shape index (κ2) is 5.13. The van der Waals surface area contributed by atoms with E-state index < -0.39 is 11.6 Å². The Kier molecular flexibility index (Phi) is 3.68. The van der Waals surface area contributed by atoms with Crippen molar-refractivity contribution in [1.82, 2.24) is 14.9 Å². The molecule has 0 radical (unpaired) electrons. The van der Waals surface area contributed by atoms with Crippen molar-refractivity contribution in [2.75, 3.05) is 24.5 Å². The molecule has 1 amide bonds. The Labute approximate surface area is 121 Å². The fourth-order valence-electron chi connectivity index (χ4n) is 2.36. The van der Waals surface area contributed by atoms with E-state index in [4.69, 9.17) is 16.9 Å². The molecule has 1 aliphatic heterocycles. The number of nitriles is 1. The number of amides is 1. The molecule has 7 nitrogen and oxygen atoms in total. The summed E-state index contributed by atoms with van der Waals surface area (Å²) in [6.45, 7) is 4.90. The molecule has 1 aromatic heterocycles. The third kappa shape index (κ3) is 2.60. The van der Waals surface area contributed by atoms with Crippen LogP contribution in [0.25, 0.3) is 0 Å². The van der Waals surface area contributed by atoms with Gasteiger partial charge in [-0.3, -0.25) is 4.90 Å². The summed E-state index contributed by atoms with van der Waals surface area (Å²) in [6.07, 6.45) is 0.428. The molecule has 1 N–H and O–H groups in total. The number of rotatable bonds is 1.